The Labute approximate surface area is 117 Å². The molecule has 106 valence electrons. The van der Waals surface area contributed by atoms with Crippen LogP contribution in [0.15, 0.2) is 24.4 Å². The second-order valence-electron chi connectivity index (χ2n) is 4.49. The van der Waals surface area contributed by atoms with Crippen LogP contribution in [0.1, 0.15) is 23.0 Å². The molecule has 1 heterocycles. The molecule has 6 heteroatoms. The standard InChI is InChI=1S/C14H18N4O2/c1-4-20-12-7-9(2)5-6-11(12)16-14(19)13-10(15)8-18(3)17-13/h5-8H,4,15H2,1-3H3,(H,16,19). The lowest BCUT2D eigenvalue weighted by molar-refractivity contribution is 0.102. The van der Waals surface area contributed by atoms with Crippen LogP contribution in [0.25, 0.3) is 0 Å². The molecule has 0 atom stereocenters. The maximum atomic E-state index is 12.2. The van der Waals surface area contributed by atoms with E-state index in [9.17, 15) is 4.79 Å². The summed E-state index contributed by atoms with van der Waals surface area (Å²) in [6, 6.07) is 5.58. The molecular weight excluding hydrogens is 256 g/mol. The fraction of sp³-hybridized carbons (Fsp3) is 0.286. The van der Waals surface area contributed by atoms with E-state index in [1.807, 2.05) is 26.0 Å². The van der Waals surface area contributed by atoms with Crippen molar-refractivity contribution < 1.29 is 9.53 Å². The fourth-order valence-electron chi connectivity index (χ4n) is 1.87. The first kappa shape index (κ1) is 13.9. The van der Waals surface area contributed by atoms with E-state index in [4.69, 9.17) is 10.5 Å². The van der Waals surface area contributed by atoms with Crippen LogP contribution >= 0.6 is 0 Å². The lowest BCUT2D eigenvalue weighted by Crippen LogP contribution is -2.15. The fourth-order valence-corrected chi connectivity index (χ4v) is 1.87. The van der Waals surface area contributed by atoms with Crippen molar-refractivity contribution in [2.75, 3.05) is 17.7 Å². The summed E-state index contributed by atoms with van der Waals surface area (Å²) in [4.78, 5) is 12.2. The number of nitrogens with zero attached hydrogens (tertiary/aromatic N) is 2. The molecule has 2 rings (SSSR count). The Bertz CT molecular complexity index is 634. The van der Waals surface area contributed by atoms with E-state index >= 15 is 0 Å². The molecule has 0 radical (unpaired) electrons. The Morgan fingerprint density at radius 1 is 1.50 bits per heavy atom. The summed E-state index contributed by atoms with van der Waals surface area (Å²) in [6.45, 7) is 4.38. The molecule has 0 unspecified atom stereocenters. The molecule has 0 spiro atoms. The van der Waals surface area contributed by atoms with Gasteiger partial charge in [-0.05, 0) is 31.5 Å². The summed E-state index contributed by atoms with van der Waals surface area (Å²) in [5.41, 5.74) is 7.95. The van der Waals surface area contributed by atoms with Crippen LogP contribution in [0.4, 0.5) is 11.4 Å². The van der Waals surface area contributed by atoms with E-state index in [1.165, 1.54) is 4.68 Å². The number of hydrogen-bond donors (Lipinski definition) is 2. The number of amides is 1. The van der Waals surface area contributed by atoms with E-state index in [0.717, 1.165) is 5.56 Å². The van der Waals surface area contributed by atoms with Crippen LogP contribution < -0.4 is 15.8 Å². The number of nitrogen functional groups attached to an aromatic ring is 1. The summed E-state index contributed by atoms with van der Waals surface area (Å²) < 4.78 is 7.02. The summed E-state index contributed by atoms with van der Waals surface area (Å²) in [5.74, 6) is 0.281. The van der Waals surface area contributed by atoms with Gasteiger partial charge in [0, 0.05) is 13.2 Å². The van der Waals surface area contributed by atoms with Crippen LogP contribution in [-0.4, -0.2) is 22.3 Å². The summed E-state index contributed by atoms with van der Waals surface area (Å²) in [5, 5.41) is 6.81. The van der Waals surface area contributed by atoms with Crippen molar-refractivity contribution in [3.63, 3.8) is 0 Å². The van der Waals surface area contributed by atoms with Gasteiger partial charge in [0.15, 0.2) is 5.69 Å². The number of anilines is 2. The summed E-state index contributed by atoms with van der Waals surface area (Å²) in [6.07, 6.45) is 1.59. The quantitative estimate of drug-likeness (QED) is 0.893. The molecule has 20 heavy (non-hydrogen) atoms. The molecule has 0 aliphatic rings. The number of aromatic nitrogens is 2. The normalized spacial score (nSPS) is 10.3. The van der Waals surface area contributed by atoms with E-state index < -0.39 is 0 Å². The van der Waals surface area contributed by atoms with Crippen LogP contribution in [0.2, 0.25) is 0 Å². The van der Waals surface area contributed by atoms with Crippen LogP contribution in [-0.2, 0) is 7.05 Å². The first-order valence-corrected chi connectivity index (χ1v) is 6.35. The second-order valence-corrected chi connectivity index (χ2v) is 4.49. The van der Waals surface area contributed by atoms with Gasteiger partial charge in [-0.15, -0.1) is 0 Å². The van der Waals surface area contributed by atoms with E-state index in [2.05, 4.69) is 10.4 Å². The van der Waals surface area contributed by atoms with Crippen molar-refractivity contribution in [2.24, 2.45) is 7.05 Å². The highest BCUT2D eigenvalue weighted by Crippen LogP contribution is 2.26. The van der Waals surface area contributed by atoms with Crippen molar-refractivity contribution in [3.05, 3.63) is 35.7 Å². The molecule has 1 amide bonds. The van der Waals surface area contributed by atoms with Crippen molar-refractivity contribution >= 4 is 17.3 Å². The van der Waals surface area contributed by atoms with Gasteiger partial charge in [-0.25, -0.2) is 0 Å². The van der Waals surface area contributed by atoms with Crippen LogP contribution in [0, 0.1) is 6.92 Å². The minimum Gasteiger partial charge on any atom is -0.492 e. The van der Waals surface area contributed by atoms with Crippen LogP contribution in [0.5, 0.6) is 5.75 Å². The third-order valence-corrected chi connectivity index (χ3v) is 2.76. The topological polar surface area (TPSA) is 82.2 Å². The molecule has 0 saturated carbocycles. The monoisotopic (exact) mass is 274 g/mol. The molecule has 6 nitrogen and oxygen atoms in total. The highest BCUT2D eigenvalue weighted by molar-refractivity contribution is 6.06. The predicted octanol–water partition coefficient (Wildman–Crippen LogP) is 1.96. The number of nitrogens with two attached hydrogens (primary N) is 1. The Morgan fingerprint density at radius 3 is 2.85 bits per heavy atom. The number of aryl methyl sites for hydroxylation is 2. The first-order chi connectivity index (χ1) is 9.51. The third-order valence-electron chi connectivity index (χ3n) is 2.76. The van der Waals surface area contributed by atoms with Crippen molar-refractivity contribution in [2.45, 2.75) is 13.8 Å². The number of ether oxygens (including phenoxy) is 1. The molecule has 3 N–H and O–H groups in total. The maximum Gasteiger partial charge on any atom is 0.278 e. The molecule has 0 aliphatic carbocycles. The lowest BCUT2D eigenvalue weighted by Gasteiger charge is -2.11. The van der Waals surface area contributed by atoms with E-state index in [-0.39, 0.29) is 11.6 Å². The molecule has 0 bridgehead atoms. The number of carbonyl (C=O) groups is 1. The average molecular weight is 274 g/mol. The smallest absolute Gasteiger partial charge is 0.278 e. The molecule has 1 aromatic carbocycles. The zero-order valence-corrected chi connectivity index (χ0v) is 11.8. The van der Waals surface area contributed by atoms with Crippen molar-refractivity contribution in [1.82, 2.24) is 9.78 Å². The number of benzene rings is 1. The Morgan fingerprint density at radius 2 is 2.25 bits per heavy atom. The summed E-state index contributed by atoms with van der Waals surface area (Å²) in [7, 11) is 1.71. The average Bonchev–Trinajstić information content (AvgIpc) is 2.72. The van der Waals surface area contributed by atoms with Gasteiger partial charge < -0.3 is 15.8 Å². The Balaban J connectivity index is 2.25. The highest BCUT2D eigenvalue weighted by Gasteiger charge is 2.16. The van der Waals surface area contributed by atoms with Gasteiger partial charge in [-0.3, -0.25) is 9.48 Å². The molecule has 0 aliphatic heterocycles. The minimum atomic E-state index is -0.354. The highest BCUT2D eigenvalue weighted by atomic mass is 16.5. The van der Waals surface area contributed by atoms with Gasteiger partial charge in [-0.2, -0.15) is 5.10 Å². The molecule has 1 aromatic heterocycles. The minimum absolute atomic E-state index is 0.204. The SMILES string of the molecule is CCOc1cc(C)ccc1NC(=O)c1nn(C)cc1N. The predicted molar refractivity (Wildman–Crippen MR) is 77.9 cm³/mol. The summed E-state index contributed by atoms with van der Waals surface area (Å²) >= 11 is 0. The van der Waals surface area contributed by atoms with E-state index in [1.54, 1.807) is 19.3 Å². The zero-order chi connectivity index (χ0) is 14.7. The van der Waals surface area contributed by atoms with Crippen LogP contribution in [0.3, 0.4) is 0 Å². The van der Waals surface area contributed by atoms with Crippen molar-refractivity contribution in [3.8, 4) is 5.75 Å². The maximum absolute atomic E-state index is 12.2. The molecule has 2 aromatic rings. The molecule has 0 saturated heterocycles. The Hall–Kier alpha value is -2.50. The first-order valence-electron chi connectivity index (χ1n) is 6.35. The van der Waals surface area contributed by atoms with Gasteiger partial charge in [0.1, 0.15) is 5.75 Å². The zero-order valence-electron chi connectivity index (χ0n) is 11.8. The number of hydrogen-bond acceptors (Lipinski definition) is 4. The van der Waals surface area contributed by atoms with Gasteiger partial charge in [0.25, 0.3) is 5.91 Å². The number of nitrogens with one attached hydrogen (secondary N) is 1. The van der Waals surface area contributed by atoms with E-state index in [0.29, 0.717) is 23.7 Å². The second kappa shape index (κ2) is 5.64. The molecular formula is C14H18N4O2. The number of carbonyl (C=O) groups excluding carboxylic acids is 1. The Kier molecular flexibility index (Phi) is 3.93. The third kappa shape index (κ3) is 2.90. The molecule has 0 fully saturated rings. The lowest BCUT2D eigenvalue weighted by atomic mass is 10.2. The van der Waals surface area contributed by atoms with Gasteiger partial charge in [-0.1, -0.05) is 6.07 Å². The number of rotatable bonds is 4. The van der Waals surface area contributed by atoms with Gasteiger partial charge in [0.05, 0.1) is 18.0 Å². The van der Waals surface area contributed by atoms with Crippen molar-refractivity contribution in [1.29, 1.82) is 0 Å². The largest absolute Gasteiger partial charge is 0.492 e. The van der Waals surface area contributed by atoms with Gasteiger partial charge in [0.2, 0.25) is 0 Å². The van der Waals surface area contributed by atoms with Gasteiger partial charge >= 0.3 is 0 Å².